The fourth-order valence-electron chi connectivity index (χ4n) is 2.03. The number of aliphatic hydroxyl groups excluding tert-OH is 1. The summed E-state index contributed by atoms with van der Waals surface area (Å²) in [5, 5.41) is 10.7. The lowest BCUT2D eigenvalue weighted by Crippen LogP contribution is -2.05. The SMILES string of the molecule is Cc1cc(Cl)ccc1C(O)Cc1cc(F)ccc1F. The van der Waals surface area contributed by atoms with Crippen LogP contribution in [0.5, 0.6) is 0 Å². The molecule has 2 aromatic rings. The second-order valence-corrected chi connectivity index (χ2v) is 4.89. The third kappa shape index (κ3) is 3.31. The van der Waals surface area contributed by atoms with Gasteiger partial charge in [0.1, 0.15) is 11.6 Å². The number of hydrogen-bond donors (Lipinski definition) is 1. The first kappa shape index (κ1) is 14.0. The average Bonchev–Trinajstić information content (AvgIpc) is 2.33. The fraction of sp³-hybridized carbons (Fsp3) is 0.200. The van der Waals surface area contributed by atoms with E-state index in [1.807, 2.05) is 6.92 Å². The molecule has 1 unspecified atom stereocenters. The van der Waals surface area contributed by atoms with Gasteiger partial charge in [-0.2, -0.15) is 0 Å². The summed E-state index contributed by atoms with van der Waals surface area (Å²) < 4.78 is 26.6. The van der Waals surface area contributed by atoms with Crippen LogP contribution in [0.1, 0.15) is 22.8 Å². The highest BCUT2D eigenvalue weighted by molar-refractivity contribution is 6.30. The molecule has 1 nitrogen and oxygen atoms in total. The predicted molar refractivity (Wildman–Crippen MR) is 71.2 cm³/mol. The molecule has 2 rings (SSSR count). The Bertz CT molecular complexity index is 599. The van der Waals surface area contributed by atoms with Crippen LogP contribution < -0.4 is 0 Å². The molecule has 0 aliphatic heterocycles. The molecule has 0 aliphatic rings. The summed E-state index contributed by atoms with van der Waals surface area (Å²) in [5.41, 5.74) is 1.63. The lowest BCUT2D eigenvalue weighted by Gasteiger charge is -2.14. The maximum absolute atomic E-state index is 13.5. The van der Waals surface area contributed by atoms with Gasteiger partial charge in [-0.1, -0.05) is 17.7 Å². The van der Waals surface area contributed by atoms with Gasteiger partial charge in [-0.15, -0.1) is 0 Å². The van der Waals surface area contributed by atoms with Crippen molar-refractivity contribution in [2.45, 2.75) is 19.4 Å². The number of hydrogen-bond acceptors (Lipinski definition) is 1. The highest BCUT2D eigenvalue weighted by Crippen LogP contribution is 2.25. The Morgan fingerprint density at radius 2 is 1.89 bits per heavy atom. The van der Waals surface area contributed by atoms with Gasteiger partial charge in [-0.05, 0) is 53.9 Å². The normalized spacial score (nSPS) is 12.5. The van der Waals surface area contributed by atoms with E-state index in [4.69, 9.17) is 11.6 Å². The molecule has 0 bridgehead atoms. The Kier molecular flexibility index (Phi) is 4.17. The van der Waals surface area contributed by atoms with Crippen LogP contribution in [0.15, 0.2) is 36.4 Å². The first-order chi connectivity index (χ1) is 8.97. The Morgan fingerprint density at radius 3 is 2.58 bits per heavy atom. The van der Waals surface area contributed by atoms with E-state index in [0.29, 0.717) is 10.6 Å². The fourth-order valence-corrected chi connectivity index (χ4v) is 2.26. The second-order valence-electron chi connectivity index (χ2n) is 4.46. The van der Waals surface area contributed by atoms with E-state index in [2.05, 4.69) is 0 Å². The molecule has 1 atom stereocenters. The molecule has 4 heteroatoms. The van der Waals surface area contributed by atoms with E-state index in [-0.39, 0.29) is 12.0 Å². The Labute approximate surface area is 115 Å². The zero-order valence-corrected chi connectivity index (χ0v) is 11.1. The lowest BCUT2D eigenvalue weighted by molar-refractivity contribution is 0.176. The van der Waals surface area contributed by atoms with Gasteiger partial charge < -0.3 is 5.11 Å². The van der Waals surface area contributed by atoms with Crippen molar-refractivity contribution in [2.75, 3.05) is 0 Å². The highest BCUT2D eigenvalue weighted by Gasteiger charge is 2.14. The molecule has 0 amide bonds. The lowest BCUT2D eigenvalue weighted by atomic mass is 9.97. The smallest absolute Gasteiger partial charge is 0.126 e. The van der Waals surface area contributed by atoms with E-state index < -0.39 is 17.7 Å². The summed E-state index contributed by atoms with van der Waals surface area (Å²) in [6.07, 6.45) is -0.875. The summed E-state index contributed by atoms with van der Waals surface area (Å²) in [6.45, 7) is 1.81. The molecule has 0 saturated carbocycles. The summed E-state index contributed by atoms with van der Waals surface area (Å²) >= 11 is 5.84. The van der Waals surface area contributed by atoms with Gasteiger partial charge in [-0.25, -0.2) is 8.78 Å². The van der Waals surface area contributed by atoms with Crippen LogP contribution in [0.3, 0.4) is 0 Å². The summed E-state index contributed by atoms with van der Waals surface area (Å²) in [6, 6.07) is 8.30. The van der Waals surface area contributed by atoms with E-state index in [0.717, 1.165) is 23.8 Å². The Hall–Kier alpha value is -1.45. The molecular formula is C15H13ClF2O. The van der Waals surface area contributed by atoms with Gasteiger partial charge in [-0.3, -0.25) is 0 Å². The first-order valence-electron chi connectivity index (χ1n) is 5.85. The highest BCUT2D eigenvalue weighted by atomic mass is 35.5. The Balaban J connectivity index is 2.25. The molecule has 0 aromatic heterocycles. The third-order valence-corrected chi connectivity index (χ3v) is 3.25. The van der Waals surface area contributed by atoms with Crippen LogP contribution in [0.4, 0.5) is 8.78 Å². The third-order valence-electron chi connectivity index (χ3n) is 3.01. The molecule has 0 heterocycles. The number of aliphatic hydroxyl groups is 1. The van der Waals surface area contributed by atoms with Crippen LogP contribution in [0, 0.1) is 18.6 Å². The first-order valence-corrected chi connectivity index (χ1v) is 6.23. The van der Waals surface area contributed by atoms with E-state index in [1.165, 1.54) is 0 Å². The number of halogens is 3. The number of aryl methyl sites for hydroxylation is 1. The summed E-state index contributed by atoms with van der Waals surface area (Å²) in [4.78, 5) is 0. The van der Waals surface area contributed by atoms with Crippen LogP contribution in [0.2, 0.25) is 5.02 Å². The maximum Gasteiger partial charge on any atom is 0.126 e. The van der Waals surface area contributed by atoms with Crippen LogP contribution in [-0.2, 0) is 6.42 Å². The zero-order valence-electron chi connectivity index (χ0n) is 10.3. The van der Waals surface area contributed by atoms with Gasteiger partial charge in [0, 0.05) is 11.4 Å². The zero-order chi connectivity index (χ0) is 14.0. The molecule has 19 heavy (non-hydrogen) atoms. The van der Waals surface area contributed by atoms with Crippen LogP contribution >= 0.6 is 11.6 Å². The van der Waals surface area contributed by atoms with Gasteiger partial charge in [0.2, 0.25) is 0 Å². The topological polar surface area (TPSA) is 20.2 Å². The largest absolute Gasteiger partial charge is 0.388 e. The van der Waals surface area contributed by atoms with E-state index in [9.17, 15) is 13.9 Å². The van der Waals surface area contributed by atoms with Gasteiger partial charge >= 0.3 is 0 Å². The van der Waals surface area contributed by atoms with Crippen molar-refractivity contribution < 1.29 is 13.9 Å². The Morgan fingerprint density at radius 1 is 1.16 bits per heavy atom. The minimum atomic E-state index is -0.895. The van der Waals surface area contributed by atoms with Crippen molar-refractivity contribution in [3.05, 3.63) is 69.7 Å². The molecule has 0 saturated heterocycles. The van der Waals surface area contributed by atoms with Crippen molar-refractivity contribution in [3.63, 3.8) is 0 Å². The van der Waals surface area contributed by atoms with E-state index >= 15 is 0 Å². The van der Waals surface area contributed by atoms with Crippen molar-refractivity contribution in [1.29, 1.82) is 0 Å². The van der Waals surface area contributed by atoms with Crippen LogP contribution in [0.25, 0.3) is 0 Å². The molecule has 1 N–H and O–H groups in total. The molecular weight excluding hydrogens is 270 g/mol. The maximum atomic E-state index is 13.5. The van der Waals surface area contributed by atoms with Crippen molar-refractivity contribution in [2.24, 2.45) is 0 Å². The van der Waals surface area contributed by atoms with Crippen molar-refractivity contribution >= 4 is 11.6 Å². The summed E-state index contributed by atoms with van der Waals surface area (Å²) in [7, 11) is 0. The monoisotopic (exact) mass is 282 g/mol. The van der Waals surface area contributed by atoms with Crippen molar-refractivity contribution in [3.8, 4) is 0 Å². The molecule has 2 aromatic carbocycles. The molecule has 100 valence electrons. The second kappa shape index (κ2) is 5.68. The summed E-state index contributed by atoms with van der Waals surface area (Å²) in [5.74, 6) is -1.04. The number of rotatable bonds is 3. The van der Waals surface area contributed by atoms with Gasteiger partial charge in [0.15, 0.2) is 0 Å². The van der Waals surface area contributed by atoms with E-state index in [1.54, 1.807) is 18.2 Å². The van der Waals surface area contributed by atoms with Gasteiger partial charge in [0.05, 0.1) is 6.10 Å². The van der Waals surface area contributed by atoms with Crippen molar-refractivity contribution in [1.82, 2.24) is 0 Å². The van der Waals surface area contributed by atoms with Gasteiger partial charge in [0.25, 0.3) is 0 Å². The molecule has 0 aliphatic carbocycles. The number of benzene rings is 2. The predicted octanol–water partition coefficient (Wildman–Crippen LogP) is 4.20. The molecule has 0 spiro atoms. The quantitative estimate of drug-likeness (QED) is 0.894. The molecule has 0 fully saturated rings. The van der Waals surface area contributed by atoms with Crippen LogP contribution in [-0.4, -0.2) is 5.11 Å². The minimum Gasteiger partial charge on any atom is -0.388 e. The minimum absolute atomic E-state index is 0.0199. The standard InChI is InChI=1S/C15H13ClF2O/c1-9-6-11(16)2-4-13(9)15(19)8-10-7-12(17)3-5-14(10)18/h2-7,15,19H,8H2,1H3. The molecule has 0 radical (unpaired) electrons. The average molecular weight is 283 g/mol.